The van der Waals surface area contributed by atoms with E-state index >= 15 is 0 Å². The highest BCUT2D eigenvalue weighted by molar-refractivity contribution is 6.34. The van der Waals surface area contributed by atoms with Gasteiger partial charge in [-0.2, -0.15) is 0 Å². The standard InChI is InChI=1S/C14H12Cl2N2O2/c1-8-5-9(6-13(16)17-8)14(19)18-12-7-10(20-2)3-4-11(12)15/h3-7H,1-2H3,(H,18,19). The van der Waals surface area contributed by atoms with Crippen LogP contribution in [0.4, 0.5) is 5.69 Å². The van der Waals surface area contributed by atoms with E-state index in [1.807, 2.05) is 0 Å². The second-order valence-electron chi connectivity index (χ2n) is 4.12. The molecular weight excluding hydrogens is 299 g/mol. The first-order valence-electron chi connectivity index (χ1n) is 5.78. The lowest BCUT2D eigenvalue weighted by molar-refractivity contribution is 0.102. The minimum Gasteiger partial charge on any atom is -0.497 e. The van der Waals surface area contributed by atoms with Crippen molar-refractivity contribution in [2.45, 2.75) is 6.92 Å². The molecule has 2 aromatic rings. The van der Waals surface area contributed by atoms with Crippen LogP contribution in [0.2, 0.25) is 10.2 Å². The lowest BCUT2D eigenvalue weighted by atomic mass is 10.2. The molecule has 0 saturated carbocycles. The quantitative estimate of drug-likeness (QED) is 0.873. The molecule has 1 amide bonds. The normalized spacial score (nSPS) is 10.2. The van der Waals surface area contributed by atoms with Crippen molar-refractivity contribution >= 4 is 34.8 Å². The fraction of sp³-hybridized carbons (Fsp3) is 0.143. The molecule has 0 bridgehead atoms. The number of hydrogen-bond donors (Lipinski definition) is 1. The van der Waals surface area contributed by atoms with Crippen molar-refractivity contribution < 1.29 is 9.53 Å². The molecule has 1 heterocycles. The van der Waals surface area contributed by atoms with Crippen LogP contribution in [-0.2, 0) is 0 Å². The Bertz CT molecular complexity index is 639. The Labute approximate surface area is 126 Å². The van der Waals surface area contributed by atoms with Gasteiger partial charge in [0, 0.05) is 17.3 Å². The van der Waals surface area contributed by atoms with Crippen LogP contribution in [0.1, 0.15) is 16.1 Å². The Balaban J connectivity index is 2.27. The molecule has 6 heteroatoms. The van der Waals surface area contributed by atoms with Crippen molar-refractivity contribution in [1.82, 2.24) is 4.98 Å². The second kappa shape index (κ2) is 6.11. The summed E-state index contributed by atoms with van der Waals surface area (Å²) >= 11 is 11.9. The maximum absolute atomic E-state index is 12.2. The molecule has 0 radical (unpaired) electrons. The number of anilines is 1. The molecule has 0 atom stereocenters. The van der Waals surface area contributed by atoms with Crippen LogP contribution in [0.5, 0.6) is 5.75 Å². The van der Waals surface area contributed by atoms with Crippen molar-refractivity contribution in [1.29, 1.82) is 0 Å². The summed E-state index contributed by atoms with van der Waals surface area (Å²) in [6, 6.07) is 8.16. The highest BCUT2D eigenvalue weighted by Gasteiger charge is 2.11. The number of benzene rings is 1. The SMILES string of the molecule is COc1ccc(Cl)c(NC(=O)c2cc(C)nc(Cl)c2)c1. The summed E-state index contributed by atoms with van der Waals surface area (Å²) in [5.74, 6) is 0.293. The van der Waals surface area contributed by atoms with Gasteiger partial charge < -0.3 is 10.1 Å². The molecule has 0 aliphatic rings. The van der Waals surface area contributed by atoms with Crippen molar-refractivity contribution in [2.24, 2.45) is 0 Å². The molecule has 2 rings (SSSR count). The summed E-state index contributed by atoms with van der Waals surface area (Å²) in [4.78, 5) is 16.2. The number of hydrogen-bond acceptors (Lipinski definition) is 3. The fourth-order valence-corrected chi connectivity index (χ4v) is 2.10. The van der Waals surface area contributed by atoms with Crippen molar-refractivity contribution in [2.75, 3.05) is 12.4 Å². The summed E-state index contributed by atoms with van der Waals surface area (Å²) in [6.45, 7) is 1.77. The molecule has 0 saturated heterocycles. The number of amides is 1. The summed E-state index contributed by atoms with van der Waals surface area (Å²) in [5.41, 5.74) is 1.56. The number of pyridine rings is 1. The molecule has 0 fully saturated rings. The highest BCUT2D eigenvalue weighted by atomic mass is 35.5. The maximum Gasteiger partial charge on any atom is 0.255 e. The smallest absolute Gasteiger partial charge is 0.255 e. The molecule has 1 N–H and O–H groups in total. The number of carbonyl (C=O) groups excluding carboxylic acids is 1. The van der Waals surface area contributed by atoms with Gasteiger partial charge in [-0.1, -0.05) is 23.2 Å². The third kappa shape index (κ3) is 3.40. The van der Waals surface area contributed by atoms with Crippen LogP contribution in [0.15, 0.2) is 30.3 Å². The molecule has 4 nitrogen and oxygen atoms in total. The number of ether oxygens (including phenoxy) is 1. The van der Waals surface area contributed by atoms with Crippen LogP contribution in [0.25, 0.3) is 0 Å². The highest BCUT2D eigenvalue weighted by Crippen LogP contribution is 2.27. The van der Waals surface area contributed by atoms with Gasteiger partial charge in [-0.05, 0) is 31.2 Å². The Kier molecular flexibility index (Phi) is 4.47. The second-order valence-corrected chi connectivity index (χ2v) is 4.91. The van der Waals surface area contributed by atoms with Gasteiger partial charge in [-0.15, -0.1) is 0 Å². The molecule has 0 unspecified atom stereocenters. The lowest BCUT2D eigenvalue weighted by Crippen LogP contribution is -2.13. The Morgan fingerprint density at radius 2 is 2.00 bits per heavy atom. The summed E-state index contributed by atoms with van der Waals surface area (Å²) < 4.78 is 5.09. The molecule has 104 valence electrons. The van der Waals surface area contributed by atoms with Crippen molar-refractivity contribution in [3.05, 3.63) is 51.8 Å². The van der Waals surface area contributed by atoms with Crippen LogP contribution >= 0.6 is 23.2 Å². The predicted molar refractivity (Wildman–Crippen MR) is 79.9 cm³/mol. The molecule has 0 aliphatic carbocycles. The van der Waals surface area contributed by atoms with Gasteiger partial charge in [0.25, 0.3) is 5.91 Å². The first kappa shape index (κ1) is 14.6. The van der Waals surface area contributed by atoms with Gasteiger partial charge >= 0.3 is 0 Å². The Morgan fingerprint density at radius 1 is 1.25 bits per heavy atom. The van der Waals surface area contributed by atoms with Gasteiger partial charge in [-0.25, -0.2) is 4.98 Å². The zero-order valence-electron chi connectivity index (χ0n) is 10.9. The molecule has 0 aliphatic heterocycles. The Hall–Kier alpha value is -1.78. The number of nitrogens with one attached hydrogen (secondary N) is 1. The number of rotatable bonds is 3. The van der Waals surface area contributed by atoms with Crippen molar-refractivity contribution in [3.63, 3.8) is 0 Å². The fourth-order valence-electron chi connectivity index (χ4n) is 1.68. The number of methoxy groups -OCH3 is 1. The number of carbonyl (C=O) groups is 1. The van der Waals surface area contributed by atoms with Gasteiger partial charge in [-0.3, -0.25) is 4.79 Å². The van der Waals surface area contributed by atoms with E-state index in [9.17, 15) is 4.79 Å². The zero-order chi connectivity index (χ0) is 14.7. The van der Waals surface area contributed by atoms with E-state index in [1.54, 1.807) is 38.3 Å². The van der Waals surface area contributed by atoms with E-state index in [4.69, 9.17) is 27.9 Å². The Morgan fingerprint density at radius 3 is 2.65 bits per heavy atom. The molecule has 0 spiro atoms. The number of aromatic nitrogens is 1. The van der Waals surface area contributed by atoms with Gasteiger partial charge in [0.2, 0.25) is 0 Å². The summed E-state index contributed by atoms with van der Waals surface area (Å²) in [6.07, 6.45) is 0. The van der Waals surface area contributed by atoms with E-state index in [1.165, 1.54) is 6.07 Å². The van der Waals surface area contributed by atoms with E-state index in [2.05, 4.69) is 10.3 Å². The van der Waals surface area contributed by atoms with Crippen LogP contribution in [0, 0.1) is 6.92 Å². The third-order valence-corrected chi connectivity index (χ3v) is 3.13. The minimum absolute atomic E-state index is 0.270. The van der Waals surface area contributed by atoms with E-state index in [0.29, 0.717) is 27.7 Å². The van der Waals surface area contributed by atoms with Gasteiger partial charge in [0.05, 0.1) is 17.8 Å². The van der Waals surface area contributed by atoms with E-state index in [-0.39, 0.29) is 11.1 Å². The van der Waals surface area contributed by atoms with Gasteiger partial charge in [0.1, 0.15) is 10.9 Å². The van der Waals surface area contributed by atoms with Gasteiger partial charge in [0.15, 0.2) is 0 Å². The molecule has 1 aromatic heterocycles. The van der Waals surface area contributed by atoms with Crippen molar-refractivity contribution in [3.8, 4) is 5.75 Å². The molecular formula is C14H12Cl2N2O2. The zero-order valence-corrected chi connectivity index (χ0v) is 12.4. The van der Waals surface area contributed by atoms with E-state index < -0.39 is 0 Å². The van der Waals surface area contributed by atoms with Crippen LogP contribution in [0.3, 0.4) is 0 Å². The number of aryl methyl sites for hydroxylation is 1. The van der Waals surface area contributed by atoms with Crippen LogP contribution < -0.4 is 10.1 Å². The number of halogens is 2. The topological polar surface area (TPSA) is 51.2 Å². The average molecular weight is 311 g/mol. The third-order valence-electron chi connectivity index (χ3n) is 2.61. The average Bonchev–Trinajstić information content (AvgIpc) is 2.40. The van der Waals surface area contributed by atoms with E-state index in [0.717, 1.165) is 0 Å². The molecule has 1 aromatic carbocycles. The molecule has 20 heavy (non-hydrogen) atoms. The first-order chi connectivity index (χ1) is 9.49. The monoisotopic (exact) mass is 310 g/mol. The van der Waals surface area contributed by atoms with Crippen LogP contribution in [-0.4, -0.2) is 18.0 Å². The maximum atomic E-state index is 12.2. The summed E-state index contributed by atoms with van der Waals surface area (Å²) in [7, 11) is 1.54. The lowest BCUT2D eigenvalue weighted by Gasteiger charge is -2.09. The summed E-state index contributed by atoms with van der Waals surface area (Å²) in [5, 5.41) is 3.42. The first-order valence-corrected chi connectivity index (χ1v) is 6.54. The largest absolute Gasteiger partial charge is 0.497 e. The predicted octanol–water partition coefficient (Wildman–Crippen LogP) is 3.96. The number of nitrogens with zero attached hydrogens (tertiary/aromatic N) is 1. The minimum atomic E-state index is -0.312.